The molecule has 0 saturated heterocycles. The molecule has 0 aromatic carbocycles. The monoisotopic (exact) mass is 260 g/mol. The Kier molecular flexibility index (Phi) is 2.47. The Balaban J connectivity index is 1.71. The van der Waals surface area contributed by atoms with Crippen molar-refractivity contribution >= 4 is 5.82 Å². The summed E-state index contributed by atoms with van der Waals surface area (Å²) in [6, 6.07) is 2.03. The van der Waals surface area contributed by atoms with Crippen LogP contribution in [0.2, 0.25) is 0 Å². The van der Waals surface area contributed by atoms with Gasteiger partial charge < -0.3 is 11.5 Å². The Morgan fingerprint density at radius 2 is 1.74 bits per heavy atom. The second kappa shape index (κ2) is 3.98. The van der Waals surface area contributed by atoms with Crippen molar-refractivity contribution in [2.75, 3.05) is 12.3 Å². The molecule has 0 aliphatic heterocycles. The minimum Gasteiger partial charge on any atom is -0.384 e. The maximum Gasteiger partial charge on any atom is 0.122 e. The van der Waals surface area contributed by atoms with Crippen LogP contribution in [-0.4, -0.2) is 16.3 Å². The van der Waals surface area contributed by atoms with Crippen LogP contribution in [0, 0.1) is 17.8 Å². The Morgan fingerprint density at radius 3 is 2.26 bits per heavy atom. The van der Waals surface area contributed by atoms with Gasteiger partial charge in [-0.1, -0.05) is 0 Å². The van der Waals surface area contributed by atoms with Crippen molar-refractivity contribution in [1.82, 2.24) is 9.78 Å². The average molecular weight is 260 g/mol. The van der Waals surface area contributed by atoms with Crippen molar-refractivity contribution < 1.29 is 0 Å². The lowest BCUT2D eigenvalue weighted by atomic mass is 9.53. The van der Waals surface area contributed by atoms with E-state index in [2.05, 4.69) is 4.68 Å². The van der Waals surface area contributed by atoms with E-state index < -0.39 is 0 Å². The van der Waals surface area contributed by atoms with Gasteiger partial charge in [0.2, 0.25) is 0 Å². The molecule has 1 aromatic rings. The van der Waals surface area contributed by atoms with E-state index in [1.165, 1.54) is 38.5 Å². The Bertz CT molecular complexity index is 455. The zero-order valence-electron chi connectivity index (χ0n) is 11.5. The topological polar surface area (TPSA) is 69.9 Å². The van der Waals surface area contributed by atoms with Crippen LogP contribution in [0.3, 0.4) is 0 Å². The standard InChI is InChI=1S/C15H24N4/c16-2-1-13-6-14(17)19(18-13)15-7-10-3-11(8-15)5-12(4-10)9-15/h6,10-12H,1-5,7-9,16-17H2. The van der Waals surface area contributed by atoms with Gasteiger partial charge in [0, 0.05) is 12.5 Å². The first-order chi connectivity index (χ1) is 9.18. The average Bonchev–Trinajstić information content (AvgIpc) is 2.70. The van der Waals surface area contributed by atoms with Crippen molar-refractivity contribution in [1.29, 1.82) is 0 Å². The SMILES string of the molecule is NCCc1cc(N)n(C23CC4CC(CC(C4)C2)C3)n1. The number of anilines is 1. The van der Waals surface area contributed by atoms with Gasteiger partial charge in [0.25, 0.3) is 0 Å². The number of rotatable bonds is 3. The molecule has 1 heterocycles. The van der Waals surface area contributed by atoms with Crippen LogP contribution in [0.4, 0.5) is 5.82 Å². The van der Waals surface area contributed by atoms with Crippen molar-refractivity contribution in [3.05, 3.63) is 11.8 Å². The molecular weight excluding hydrogens is 236 g/mol. The third-order valence-corrected chi connectivity index (χ3v) is 5.64. The number of nitrogen functional groups attached to an aromatic ring is 1. The normalized spacial score (nSPS) is 39.9. The molecule has 0 radical (unpaired) electrons. The van der Waals surface area contributed by atoms with Crippen molar-refractivity contribution in [3.8, 4) is 0 Å². The molecule has 4 heteroatoms. The summed E-state index contributed by atoms with van der Waals surface area (Å²) in [6.07, 6.45) is 9.10. The highest BCUT2D eigenvalue weighted by Crippen LogP contribution is 2.59. The molecule has 4 N–H and O–H groups in total. The van der Waals surface area contributed by atoms with Gasteiger partial charge in [-0.05, 0) is 62.8 Å². The van der Waals surface area contributed by atoms with Crippen molar-refractivity contribution in [2.45, 2.75) is 50.5 Å². The molecular formula is C15H24N4. The fourth-order valence-corrected chi connectivity index (χ4v) is 5.42. The summed E-state index contributed by atoms with van der Waals surface area (Å²) in [5.41, 5.74) is 13.2. The van der Waals surface area contributed by atoms with Crippen LogP contribution in [0.25, 0.3) is 0 Å². The Hall–Kier alpha value is -1.03. The highest BCUT2D eigenvalue weighted by atomic mass is 15.4. The maximum absolute atomic E-state index is 6.25. The van der Waals surface area contributed by atoms with Crippen molar-refractivity contribution in [3.63, 3.8) is 0 Å². The van der Waals surface area contributed by atoms with Gasteiger partial charge in [0.05, 0.1) is 11.2 Å². The number of aromatic nitrogens is 2. The zero-order chi connectivity index (χ0) is 13.0. The quantitative estimate of drug-likeness (QED) is 0.872. The van der Waals surface area contributed by atoms with Crippen LogP contribution in [0.5, 0.6) is 0 Å². The number of hydrogen-bond acceptors (Lipinski definition) is 3. The minimum absolute atomic E-state index is 0.242. The van der Waals surface area contributed by atoms with Gasteiger partial charge >= 0.3 is 0 Å². The van der Waals surface area contributed by atoms with E-state index in [1.807, 2.05) is 6.07 Å². The predicted octanol–water partition coefficient (Wildman–Crippen LogP) is 1.89. The lowest BCUT2D eigenvalue weighted by Crippen LogP contribution is -2.52. The highest BCUT2D eigenvalue weighted by Gasteiger charge is 2.52. The summed E-state index contributed by atoms with van der Waals surface area (Å²) in [4.78, 5) is 0. The van der Waals surface area contributed by atoms with E-state index >= 15 is 0 Å². The largest absolute Gasteiger partial charge is 0.384 e. The van der Waals surface area contributed by atoms with Gasteiger partial charge in [-0.15, -0.1) is 0 Å². The lowest BCUT2D eigenvalue weighted by Gasteiger charge is -2.56. The molecule has 19 heavy (non-hydrogen) atoms. The molecule has 4 nitrogen and oxygen atoms in total. The molecule has 0 spiro atoms. The summed E-state index contributed by atoms with van der Waals surface area (Å²) in [5, 5.41) is 4.80. The van der Waals surface area contributed by atoms with E-state index in [-0.39, 0.29) is 5.54 Å². The third-order valence-electron chi connectivity index (χ3n) is 5.64. The van der Waals surface area contributed by atoms with Crippen LogP contribution >= 0.6 is 0 Å². The molecule has 4 aliphatic rings. The molecule has 0 unspecified atom stereocenters. The number of nitrogens with zero attached hydrogens (tertiary/aromatic N) is 2. The molecule has 4 fully saturated rings. The van der Waals surface area contributed by atoms with E-state index in [4.69, 9.17) is 16.6 Å². The molecule has 0 atom stereocenters. The lowest BCUT2D eigenvalue weighted by molar-refractivity contribution is -0.0483. The second-order valence-corrected chi connectivity index (χ2v) is 7.15. The van der Waals surface area contributed by atoms with Crippen molar-refractivity contribution in [2.24, 2.45) is 23.5 Å². The van der Waals surface area contributed by atoms with Crippen LogP contribution in [0.15, 0.2) is 6.07 Å². The molecule has 4 bridgehead atoms. The van der Waals surface area contributed by atoms with Gasteiger partial charge in [-0.2, -0.15) is 5.10 Å². The molecule has 4 aliphatic carbocycles. The first kappa shape index (κ1) is 11.8. The second-order valence-electron chi connectivity index (χ2n) is 7.15. The van der Waals surface area contributed by atoms with Gasteiger partial charge in [0.1, 0.15) is 5.82 Å². The summed E-state index contributed by atoms with van der Waals surface area (Å²) in [5.74, 6) is 3.62. The number of hydrogen-bond donors (Lipinski definition) is 2. The van der Waals surface area contributed by atoms with E-state index in [0.29, 0.717) is 6.54 Å². The third kappa shape index (κ3) is 1.72. The molecule has 0 amide bonds. The first-order valence-electron chi connectivity index (χ1n) is 7.73. The smallest absolute Gasteiger partial charge is 0.122 e. The molecule has 104 valence electrons. The maximum atomic E-state index is 6.25. The molecule has 4 saturated carbocycles. The fraction of sp³-hybridized carbons (Fsp3) is 0.800. The van der Waals surface area contributed by atoms with Gasteiger partial charge in [-0.25, -0.2) is 4.68 Å². The molecule has 5 rings (SSSR count). The van der Waals surface area contributed by atoms with E-state index in [9.17, 15) is 0 Å². The summed E-state index contributed by atoms with van der Waals surface area (Å²) >= 11 is 0. The first-order valence-corrected chi connectivity index (χ1v) is 7.73. The van der Waals surface area contributed by atoms with E-state index in [0.717, 1.165) is 35.7 Å². The van der Waals surface area contributed by atoms with E-state index in [1.54, 1.807) is 0 Å². The van der Waals surface area contributed by atoms with Crippen LogP contribution in [-0.2, 0) is 12.0 Å². The summed E-state index contributed by atoms with van der Waals surface area (Å²) in [6.45, 7) is 0.650. The number of nitrogens with two attached hydrogens (primary N) is 2. The Labute approximate surface area is 114 Å². The molecule has 1 aromatic heterocycles. The van der Waals surface area contributed by atoms with Crippen LogP contribution < -0.4 is 11.5 Å². The highest BCUT2D eigenvalue weighted by molar-refractivity contribution is 5.33. The Morgan fingerprint density at radius 1 is 1.16 bits per heavy atom. The summed E-state index contributed by atoms with van der Waals surface area (Å²) in [7, 11) is 0. The summed E-state index contributed by atoms with van der Waals surface area (Å²) < 4.78 is 2.18. The fourth-order valence-electron chi connectivity index (χ4n) is 5.42. The van der Waals surface area contributed by atoms with Crippen LogP contribution in [0.1, 0.15) is 44.2 Å². The zero-order valence-corrected chi connectivity index (χ0v) is 11.5. The predicted molar refractivity (Wildman–Crippen MR) is 75.5 cm³/mol. The van der Waals surface area contributed by atoms with Gasteiger partial charge in [-0.3, -0.25) is 0 Å². The van der Waals surface area contributed by atoms with Gasteiger partial charge in [0.15, 0.2) is 0 Å². The minimum atomic E-state index is 0.242.